The summed E-state index contributed by atoms with van der Waals surface area (Å²) in [6.45, 7) is 3.80. The maximum Gasteiger partial charge on any atom is 0.149 e. The smallest absolute Gasteiger partial charge is 0.149 e. The fourth-order valence-corrected chi connectivity index (χ4v) is 2.83. The second-order valence-corrected chi connectivity index (χ2v) is 5.80. The van der Waals surface area contributed by atoms with Gasteiger partial charge >= 0.3 is 0 Å². The third-order valence-corrected chi connectivity index (χ3v) is 4.16. The topological polar surface area (TPSA) is 26.7 Å². The molecule has 1 saturated heterocycles. The fraction of sp³-hybridized carbons (Fsp3) is 0.600. The number of hydrogen-bond acceptors (Lipinski definition) is 3. The van der Waals surface area contributed by atoms with Gasteiger partial charge in [0.25, 0.3) is 0 Å². The third-order valence-electron chi connectivity index (χ3n) is 4.16. The van der Waals surface area contributed by atoms with Crippen LogP contribution in [0.25, 0.3) is 0 Å². The van der Waals surface area contributed by atoms with Crippen LogP contribution in [0.15, 0.2) is 12.1 Å². The van der Waals surface area contributed by atoms with Crippen LogP contribution < -0.4 is 4.90 Å². The number of aliphatic hydroxyl groups is 1. The zero-order valence-electron chi connectivity index (χ0n) is 11.5. The van der Waals surface area contributed by atoms with Gasteiger partial charge in [0.2, 0.25) is 0 Å². The number of halogens is 2. The summed E-state index contributed by atoms with van der Waals surface area (Å²) in [5, 5.41) is 8.96. The molecule has 1 saturated carbocycles. The second kappa shape index (κ2) is 5.66. The first-order chi connectivity index (χ1) is 9.67. The lowest BCUT2D eigenvalue weighted by molar-refractivity contribution is 0.246. The molecule has 0 unspecified atom stereocenters. The van der Waals surface area contributed by atoms with Crippen molar-refractivity contribution in [3.8, 4) is 0 Å². The number of aliphatic hydroxyl groups excluding tert-OH is 1. The van der Waals surface area contributed by atoms with Gasteiger partial charge in [0.05, 0.1) is 6.61 Å². The lowest BCUT2D eigenvalue weighted by Gasteiger charge is -2.36. The van der Waals surface area contributed by atoms with E-state index in [4.69, 9.17) is 5.11 Å². The van der Waals surface area contributed by atoms with Crippen molar-refractivity contribution in [2.75, 3.05) is 37.6 Å². The van der Waals surface area contributed by atoms with E-state index in [2.05, 4.69) is 4.90 Å². The average Bonchev–Trinajstić information content (AvgIpc) is 3.23. The molecule has 110 valence electrons. The number of benzene rings is 1. The molecule has 0 radical (unpaired) electrons. The molecular weight excluding hydrogens is 262 g/mol. The highest BCUT2D eigenvalue weighted by atomic mass is 19.1. The minimum Gasteiger partial charge on any atom is -0.392 e. The molecule has 3 nitrogen and oxygen atoms in total. The second-order valence-electron chi connectivity index (χ2n) is 5.80. The summed E-state index contributed by atoms with van der Waals surface area (Å²) in [6.07, 6.45) is 2.65. The predicted molar refractivity (Wildman–Crippen MR) is 73.7 cm³/mol. The van der Waals surface area contributed by atoms with E-state index in [-0.39, 0.29) is 17.9 Å². The molecule has 1 heterocycles. The molecule has 0 spiro atoms. The summed E-state index contributed by atoms with van der Waals surface area (Å²) in [5.41, 5.74) is 0.324. The van der Waals surface area contributed by atoms with E-state index in [1.54, 1.807) is 4.90 Å². The number of piperazine rings is 1. The Morgan fingerprint density at radius 3 is 2.15 bits per heavy atom. The Hall–Kier alpha value is -1.20. The third kappa shape index (κ3) is 2.94. The van der Waals surface area contributed by atoms with E-state index in [0.717, 1.165) is 25.6 Å². The normalized spacial score (nSPS) is 20.4. The standard InChI is InChI=1S/C15H20F2N2O/c16-13-7-12(10-20)8-14(17)15(13)19-5-3-18(4-6-19)9-11-1-2-11/h7-8,11,20H,1-6,9-10H2. The molecule has 1 aromatic rings. The molecule has 1 aliphatic heterocycles. The Bertz CT molecular complexity index is 460. The minimum atomic E-state index is -0.579. The highest BCUT2D eigenvalue weighted by Gasteiger charge is 2.28. The summed E-state index contributed by atoms with van der Waals surface area (Å²) in [6, 6.07) is 2.43. The Morgan fingerprint density at radius 2 is 1.65 bits per heavy atom. The Morgan fingerprint density at radius 1 is 1.05 bits per heavy atom. The minimum absolute atomic E-state index is 0.0493. The largest absolute Gasteiger partial charge is 0.392 e. The van der Waals surface area contributed by atoms with Crippen LogP contribution in [0.2, 0.25) is 0 Å². The first-order valence-corrected chi connectivity index (χ1v) is 7.23. The molecule has 1 aliphatic carbocycles. The average molecular weight is 282 g/mol. The monoisotopic (exact) mass is 282 g/mol. The lowest BCUT2D eigenvalue weighted by atomic mass is 10.1. The molecule has 2 aliphatic rings. The van der Waals surface area contributed by atoms with Crippen LogP contribution >= 0.6 is 0 Å². The molecule has 2 fully saturated rings. The van der Waals surface area contributed by atoms with Gasteiger partial charge in [0, 0.05) is 32.7 Å². The van der Waals surface area contributed by atoms with Gasteiger partial charge in [0.1, 0.15) is 17.3 Å². The Kier molecular flexibility index (Phi) is 3.89. The summed E-state index contributed by atoms with van der Waals surface area (Å²) >= 11 is 0. The number of hydrogen-bond donors (Lipinski definition) is 1. The molecule has 1 aromatic carbocycles. The number of nitrogens with zero attached hydrogens (tertiary/aromatic N) is 2. The quantitative estimate of drug-likeness (QED) is 0.915. The van der Waals surface area contributed by atoms with Crippen molar-refractivity contribution in [3.63, 3.8) is 0 Å². The molecule has 3 rings (SSSR count). The van der Waals surface area contributed by atoms with Crippen molar-refractivity contribution in [2.24, 2.45) is 5.92 Å². The van der Waals surface area contributed by atoms with Gasteiger partial charge in [0.15, 0.2) is 0 Å². The maximum atomic E-state index is 14.0. The molecular formula is C15H20F2N2O. The highest BCUT2D eigenvalue weighted by Crippen LogP contribution is 2.31. The first-order valence-electron chi connectivity index (χ1n) is 7.23. The zero-order chi connectivity index (χ0) is 14.1. The summed E-state index contributed by atoms with van der Waals surface area (Å²) in [4.78, 5) is 4.15. The van der Waals surface area contributed by atoms with E-state index in [0.29, 0.717) is 13.1 Å². The van der Waals surface area contributed by atoms with Gasteiger partial charge in [-0.15, -0.1) is 0 Å². The van der Waals surface area contributed by atoms with E-state index in [9.17, 15) is 8.78 Å². The van der Waals surface area contributed by atoms with Gasteiger partial charge in [-0.05, 0) is 36.5 Å². The van der Waals surface area contributed by atoms with Crippen molar-refractivity contribution in [1.29, 1.82) is 0 Å². The van der Waals surface area contributed by atoms with Gasteiger partial charge in [-0.2, -0.15) is 0 Å². The summed E-state index contributed by atoms with van der Waals surface area (Å²) < 4.78 is 28.0. The summed E-state index contributed by atoms with van der Waals surface area (Å²) in [5.74, 6) is -0.312. The molecule has 5 heteroatoms. The molecule has 0 bridgehead atoms. The van der Waals surface area contributed by atoms with Crippen molar-refractivity contribution in [2.45, 2.75) is 19.4 Å². The predicted octanol–water partition coefficient (Wildman–Crippen LogP) is 1.99. The van der Waals surface area contributed by atoms with Crippen LogP contribution in [0.1, 0.15) is 18.4 Å². The fourth-order valence-electron chi connectivity index (χ4n) is 2.83. The van der Waals surface area contributed by atoms with E-state index < -0.39 is 11.6 Å². The van der Waals surface area contributed by atoms with Crippen molar-refractivity contribution >= 4 is 5.69 Å². The van der Waals surface area contributed by atoms with Crippen molar-refractivity contribution in [3.05, 3.63) is 29.3 Å². The lowest BCUT2D eigenvalue weighted by Crippen LogP contribution is -2.47. The zero-order valence-corrected chi connectivity index (χ0v) is 11.5. The van der Waals surface area contributed by atoms with Gasteiger partial charge in [-0.25, -0.2) is 8.78 Å². The Balaban J connectivity index is 1.67. The van der Waals surface area contributed by atoms with Crippen molar-refractivity contribution in [1.82, 2.24) is 4.90 Å². The van der Waals surface area contributed by atoms with Crippen LogP contribution in [0.5, 0.6) is 0 Å². The van der Waals surface area contributed by atoms with E-state index in [1.165, 1.54) is 25.0 Å². The molecule has 20 heavy (non-hydrogen) atoms. The van der Waals surface area contributed by atoms with Gasteiger partial charge in [-0.1, -0.05) is 0 Å². The number of rotatable bonds is 4. The van der Waals surface area contributed by atoms with Gasteiger partial charge < -0.3 is 10.0 Å². The van der Waals surface area contributed by atoms with Crippen molar-refractivity contribution < 1.29 is 13.9 Å². The van der Waals surface area contributed by atoms with Crippen LogP contribution in [0, 0.1) is 17.6 Å². The van der Waals surface area contributed by atoms with Gasteiger partial charge in [-0.3, -0.25) is 4.90 Å². The SMILES string of the molecule is OCc1cc(F)c(N2CCN(CC3CC3)CC2)c(F)c1. The maximum absolute atomic E-state index is 14.0. The van der Waals surface area contributed by atoms with Crippen LogP contribution in [-0.4, -0.2) is 42.7 Å². The van der Waals surface area contributed by atoms with Crippen LogP contribution in [-0.2, 0) is 6.61 Å². The molecule has 0 aromatic heterocycles. The van der Waals surface area contributed by atoms with E-state index >= 15 is 0 Å². The van der Waals surface area contributed by atoms with Crippen LogP contribution in [0.3, 0.4) is 0 Å². The molecule has 0 atom stereocenters. The highest BCUT2D eigenvalue weighted by molar-refractivity contribution is 5.51. The van der Waals surface area contributed by atoms with Crippen LogP contribution in [0.4, 0.5) is 14.5 Å². The number of anilines is 1. The Labute approximate surface area is 117 Å². The first kappa shape index (κ1) is 13.8. The summed E-state index contributed by atoms with van der Waals surface area (Å²) in [7, 11) is 0. The molecule has 1 N–H and O–H groups in total. The van der Waals surface area contributed by atoms with E-state index in [1.807, 2.05) is 0 Å². The molecule has 0 amide bonds.